The van der Waals surface area contributed by atoms with Crippen LogP contribution in [-0.2, 0) is 7.05 Å². The van der Waals surface area contributed by atoms with E-state index in [9.17, 15) is 4.79 Å². The smallest absolute Gasteiger partial charge is 0.317 e. The number of hydrogen-bond donors (Lipinski definition) is 1. The Morgan fingerprint density at radius 1 is 1.32 bits per heavy atom. The van der Waals surface area contributed by atoms with Crippen LogP contribution < -0.4 is 10.1 Å². The van der Waals surface area contributed by atoms with Crippen LogP contribution in [0.3, 0.4) is 0 Å². The molecule has 1 saturated heterocycles. The van der Waals surface area contributed by atoms with E-state index in [1.54, 1.807) is 19.5 Å². The van der Waals surface area contributed by atoms with Gasteiger partial charge in [0, 0.05) is 49.7 Å². The van der Waals surface area contributed by atoms with Crippen molar-refractivity contribution in [3.05, 3.63) is 42.0 Å². The number of urea groups is 1. The van der Waals surface area contributed by atoms with Crippen molar-refractivity contribution < 1.29 is 9.53 Å². The fourth-order valence-corrected chi connectivity index (χ4v) is 3.44. The van der Waals surface area contributed by atoms with Gasteiger partial charge in [0.1, 0.15) is 5.75 Å². The average molecular weight is 343 g/mol. The minimum absolute atomic E-state index is 0.0326. The summed E-state index contributed by atoms with van der Waals surface area (Å²) < 4.78 is 7.25. The quantitative estimate of drug-likeness (QED) is 0.926. The minimum Gasteiger partial charge on any atom is -0.495 e. The number of methoxy groups -OCH3 is 1. The summed E-state index contributed by atoms with van der Waals surface area (Å²) in [4.78, 5) is 18.5. The molecule has 0 aliphatic carbocycles. The van der Waals surface area contributed by atoms with Crippen LogP contribution in [0.4, 0.5) is 4.79 Å². The standard InChI is InChI=1S/C18H25N5O2/c1-13(15-4-8-19-12-17(15)25-3)21-18(24)23-10-6-14(7-11-23)16-5-9-20-22(16)2/h4-5,8-9,12-14H,6-7,10-11H2,1-3H3,(H,21,24)/t13-/m0/s1. The molecule has 0 aromatic carbocycles. The number of carbonyl (C=O) groups is 1. The van der Waals surface area contributed by atoms with Gasteiger partial charge in [0.05, 0.1) is 19.3 Å². The van der Waals surface area contributed by atoms with Gasteiger partial charge in [-0.05, 0) is 31.9 Å². The van der Waals surface area contributed by atoms with Crippen LogP contribution in [0.5, 0.6) is 5.75 Å². The fraction of sp³-hybridized carbons (Fsp3) is 0.500. The van der Waals surface area contributed by atoms with E-state index >= 15 is 0 Å². The first-order chi connectivity index (χ1) is 12.1. The van der Waals surface area contributed by atoms with Crippen LogP contribution in [0.1, 0.15) is 43.0 Å². The molecule has 1 N–H and O–H groups in total. The van der Waals surface area contributed by atoms with Crippen molar-refractivity contribution in [3.63, 3.8) is 0 Å². The maximum absolute atomic E-state index is 12.6. The van der Waals surface area contributed by atoms with Crippen LogP contribution in [0, 0.1) is 0 Å². The van der Waals surface area contributed by atoms with E-state index in [1.807, 2.05) is 35.8 Å². The van der Waals surface area contributed by atoms with Gasteiger partial charge in [0.15, 0.2) is 0 Å². The molecule has 2 aromatic rings. The molecule has 1 atom stereocenters. The third-order valence-corrected chi connectivity index (χ3v) is 4.90. The molecule has 1 aliphatic heterocycles. The highest BCUT2D eigenvalue weighted by molar-refractivity contribution is 5.75. The highest BCUT2D eigenvalue weighted by Gasteiger charge is 2.26. The van der Waals surface area contributed by atoms with Gasteiger partial charge in [-0.2, -0.15) is 5.10 Å². The predicted molar refractivity (Wildman–Crippen MR) is 94.5 cm³/mol. The molecular formula is C18H25N5O2. The lowest BCUT2D eigenvalue weighted by molar-refractivity contribution is 0.177. The van der Waals surface area contributed by atoms with E-state index in [-0.39, 0.29) is 12.1 Å². The Morgan fingerprint density at radius 3 is 2.72 bits per heavy atom. The number of nitrogens with zero attached hydrogens (tertiary/aromatic N) is 4. The van der Waals surface area contributed by atoms with E-state index in [0.29, 0.717) is 11.7 Å². The fourth-order valence-electron chi connectivity index (χ4n) is 3.44. The second-order valence-corrected chi connectivity index (χ2v) is 6.43. The Labute approximate surface area is 148 Å². The third kappa shape index (κ3) is 3.75. The van der Waals surface area contributed by atoms with Crippen molar-refractivity contribution in [2.24, 2.45) is 7.05 Å². The Hall–Kier alpha value is -2.57. The number of rotatable bonds is 4. The molecule has 3 rings (SSSR count). The lowest BCUT2D eigenvalue weighted by atomic mass is 9.93. The Morgan fingerprint density at radius 2 is 2.08 bits per heavy atom. The number of ether oxygens (including phenoxy) is 1. The first kappa shape index (κ1) is 17.3. The zero-order valence-electron chi connectivity index (χ0n) is 15.0. The Kier molecular flexibility index (Phi) is 5.21. The lowest BCUT2D eigenvalue weighted by Crippen LogP contribution is -2.45. The van der Waals surface area contributed by atoms with Gasteiger partial charge in [-0.25, -0.2) is 4.79 Å². The maximum atomic E-state index is 12.6. The van der Waals surface area contributed by atoms with E-state index in [4.69, 9.17) is 4.74 Å². The normalized spacial score (nSPS) is 16.5. The molecule has 25 heavy (non-hydrogen) atoms. The van der Waals surface area contributed by atoms with E-state index < -0.39 is 0 Å². The molecule has 134 valence electrons. The summed E-state index contributed by atoms with van der Waals surface area (Å²) in [5, 5.41) is 7.31. The SMILES string of the molecule is COc1cnccc1[C@H](C)NC(=O)N1CCC(c2ccnn2C)CC1. The van der Waals surface area contributed by atoms with Gasteiger partial charge in [-0.3, -0.25) is 9.67 Å². The summed E-state index contributed by atoms with van der Waals surface area (Å²) in [5.74, 6) is 1.15. The van der Waals surface area contributed by atoms with Gasteiger partial charge in [0.2, 0.25) is 0 Å². The predicted octanol–water partition coefficient (Wildman–Crippen LogP) is 2.47. The number of nitrogens with one attached hydrogen (secondary N) is 1. The number of hydrogen-bond acceptors (Lipinski definition) is 4. The largest absolute Gasteiger partial charge is 0.495 e. The molecule has 2 aromatic heterocycles. The van der Waals surface area contributed by atoms with E-state index in [1.165, 1.54) is 5.69 Å². The molecule has 1 aliphatic rings. The molecule has 0 bridgehead atoms. The zero-order valence-corrected chi connectivity index (χ0v) is 15.0. The monoisotopic (exact) mass is 343 g/mol. The second kappa shape index (κ2) is 7.55. The van der Waals surface area contributed by atoms with Gasteiger partial charge < -0.3 is 15.0 Å². The van der Waals surface area contributed by atoms with Crippen LogP contribution in [0.2, 0.25) is 0 Å². The Bertz CT molecular complexity index is 722. The van der Waals surface area contributed by atoms with Crippen LogP contribution in [0.25, 0.3) is 0 Å². The molecule has 3 heterocycles. The highest BCUT2D eigenvalue weighted by Crippen LogP contribution is 2.28. The molecule has 0 unspecified atom stereocenters. The summed E-state index contributed by atoms with van der Waals surface area (Å²) in [7, 11) is 3.58. The number of aromatic nitrogens is 3. The van der Waals surface area contributed by atoms with Crippen LogP contribution in [0.15, 0.2) is 30.7 Å². The number of amides is 2. The first-order valence-corrected chi connectivity index (χ1v) is 8.61. The average Bonchev–Trinajstić information content (AvgIpc) is 3.07. The summed E-state index contributed by atoms with van der Waals surface area (Å²) in [6, 6.07) is 3.77. The lowest BCUT2D eigenvalue weighted by Gasteiger charge is -2.33. The topological polar surface area (TPSA) is 72.3 Å². The van der Waals surface area contributed by atoms with Gasteiger partial charge >= 0.3 is 6.03 Å². The van der Waals surface area contributed by atoms with E-state index in [2.05, 4.69) is 21.5 Å². The van der Waals surface area contributed by atoms with Crippen LogP contribution >= 0.6 is 0 Å². The number of likely N-dealkylation sites (tertiary alicyclic amines) is 1. The summed E-state index contributed by atoms with van der Waals surface area (Å²) in [6.07, 6.45) is 7.12. The van der Waals surface area contributed by atoms with Crippen molar-refractivity contribution in [2.45, 2.75) is 31.7 Å². The minimum atomic E-state index is -0.139. The number of aryl methyl sites for hydroxylation is 1. The second-order valence-electron chi connectivity index (χ2n) is 6.43. The van der Waals surface area contributed by atoms with Gasteiger partial charge in [-0.1, -0.05) is 0 Å². The third-order valence-electron chi connectivity index (χ3n) is 4.90. The van der Waals surface area contributed by atoms with Gasteiger partial charge in [-0.15, -0.1) is 0 Å². The molecule has 0 radical (unpaired) electrons. The first-order valence-electron chi connectivity index (χ1n) is 8.61. The summed E-state index contributed by atoms with van der Waals surface area (Å²) >= 11 is 0. The van der Waals surface area contributed by atoms with Crippen molar-refractivity contribution >= 4 is 6.03 Å². The Balaban J connectivity index is 1.57. The molecule has 1 fully saturated rings. The number of carbonyl (C=O) groups excluding carboxylic acids is 1. The van der Waals surface area contributed by atoms with Crippen molar-refractivity contribution in [3.8, 4) is 5.75 Å². The number of piperidine rings is 1. The summed E-state index contributed by atoms with van der Waals surface area (Å²) in [5.41, 5.74) is 2.17. The molecule has 7 nitrogen and oxygen atoms in total. The maximum Gasteiger partial charge on any atom is 0.317 e. The van der Waals surface area contributed by atoms with Gasteiger partial charge in [0.25, 0.3) is 0 Å². The van der Waals surface area contributed by atoms with Crippen LogP contribution in [-0.4, -0.2) is 45.9 Å². The molecule has 0 saturated carbocycles. The van der Waals surface area contributed by atoms with Crippen molar-refractivity contribution in [1.29, 1.82) is 0 Å². The van der Waals surface area contributed by atoms with Crippen molar-refractivity contribution in [1.82, 2.24) is 25.0 Å². The molecule has 2 amide bonds. The van der Waals surface area contributed by atoms with Crippen molar-refractivity contribution in [2.75, 3.05) is 20.2 Å². The number of pyridine rings is 1. The summed E-state index contributed by atoms with van der Waals surface area (Å²) in [6.45, 7) is 3.46. The molecule has 0 spiro atoms. The highest BCUT2D eigenvalue weighted by atomic mass is 16.5. The van der Waals surface area contributed by atoms with E-state index in [0.717, 1.165) is 31.5 Å². The molecular weight excluding hydrogens is 318 g/mol. The molecule has 7 heteroatoms. The zero-order chi connectivity index (χ0) is 17.8.